The molecule has 2 aromatic heterocycles. The Bertz CT molecular complexity index is 1050. The molecule has 0 aliphatic carbocycles. The Morgan fingerprint density at radius 2 is 1.97 bits per heavy atom. The Morgan fingerprint density at radius 3 is 2.79 bits per heavy atom. The largest absolute Gasteiger partial charge is 0.486 e. The molecule has 1 saturated heterocycles. The third-order valence-corrected chi connectivity index (χ3v) is 6.35. The van der Waals surface area contributed by atoms with Crippen molar-refractivity contribution in [2.24, 2.45) is 0 Å². The van der Waals surface area contributed by atoms with E-state index in [1.165, 1.54) is 11.3 Å². The van der Waals surface area contributed by atoms with Gasteiger partial charge in [0.2, 0.25) is 0 Å². The van der Waals surface area contributed by atoms with Gasteiger partial charge in [-0.15, -0.1) is 11.3 Å². The smallest absolute Gasteiger partial charge is 0.266 e. The maximum atomic E-state index is 13.4. The Balaban J connectivity index is 1.43. The monoisotopic (exact) mass is 408 g/mol. The summed E-state index contributed by atoms with van der Waals surface area (Å²) < 4.78 is 11.3. The van der Waals surface area contributed by atoms with Gasteiger partial charge in [0, 0.05) is 18.9 Å². The van der Waals surface area contributed by atoms with E-state index in [1.807, 2.05) is 30.0 Å². The van der Waals surface area contributed by atoms with Crippen LogP contribution in [0.25, 0.3) is 10.8 Å². The Kier molecular flexibility index (Phi) is 4.63. The van der Waals surface area contributed by atoms with Gasteiger partial charge in [-0.05, 0) is 43.5 Å². The van der Waals surface area contributed by atoms with Crippen LogP contribution in [0, 0.1) is 6.92 Å². The molecule has 148 valence electrons. The van der Waals surface area contributed by atoms with E-state index in [2.05, 4.69) is 15.0 Å². The van der Waals surface area contributed by atoms with Gasteiger partial charge in [-0.3, -0.25) is 4.79 Å². The molecule has 2 aliphatic heterocycles. The van der Waals surface area contributed by atoms with Crippen LogP contribution in [0.5, 0.6) is 11.5 Å². The lowest BCUT2D eigenvalue weighted by molar-refractivity contribution is 0.0739. The summed E-state index contributed by atoms with van der Waals surface area (Å²) in [7, 11) is 0. The predicted molar refractivity (Wildman–Crippen MR) is 108 cm³/mol. The molecule has 29 heavy (non-hydrogen) atoms. The van der Waals surface area contributed by atoms with Crippen LogP contribution in [0.4, 0.5) is 0 Å². The Morgan fingerprint density at radius 1 is 1.17 bits per heavy atom. The zero-order valence-corrected chi connectivity index (χ0v) is 16.8. The van der Waals surface area contributed by atoms with Gasteiger partial charge in [0.15, 0.2) is 22.3 Å². The van der Waals surface area contributed by atoms with E-state index < -0.39 is 0 Å². The quantitative estimate of drug-likeness (QED) is 0.658. The highest BCUT2D eigenvalue weighted by molar-refractivity contribution is 7.17. The highest BCUT2D eigenvalue weighted by Crippen LogP contribution is 2.39. The average Bonchev–Trinajstić information content (AvgIpc) is 3.41. The van der Waals surface area contributed by atoms with E-state index in [-0.39, 0.29) is 11.9 Å². The van der Waals surface area contributed by atoms with Gasteiger partial charge in [0.05, 0.1) is 11.7 Å². The van der Waals surface area contributed by atoms with Crippen molar-refractivity contribution in [1.82, 2.24) is 19.9 Å². The molecule has 1 amide bonds. The number of likely N-dealkylation sites (tertiary alicyclic amines) is 1. The van der Waals surface area contributed by atoms with Crippen LogP contribution in [0.1, 0.15) is 39.8 Å². The molecule has 4 heterocycles. The van der Waals surface area contributed by atoms with Crippen molar-refractivity contribution in [2.45, 2.75) is 25.8 Å². The summed E-state index contributed by atoms with van der Waals surface area (Å²) in [5.74, 6) is 2.08. The standard InChI is InChI=1S/C21H20N4O3S/c1-13-18(29-20(24-13)19-22-7-3-8-23-19)21(26)25-9-2-4-15(25)14-5-6-16-17(12-14)28-11-10-27-16/h3,5-8,12,15H,2,4,9-11H2,1H3/t15-/m1/s1. The number of aromatic nitrogens is 3. The molecular formula is C21H20N4O3S. The van der Waals surface area contributed by atoms with Crippen LogP contribution in [0.2, 0.25) is 0 Å². The number of amides is 1. The number of rotatable bonds is 3. The van der Waals surface area contributed by atoms with Crippen molar-refractivity contribution in [1.29, 1.82) is 0 Å². The van der Waals surface area contributed by atoms with Gasteiger partial charge in [-0.1, -0.05) is 6.07 Å². The fraction of sp³-hybridized carbons (Fsp3) is 0.333. The first-order valence-electron chi connectivity index (χ1n) is 9.66. The zero-order chi connectivity index (χ0) is 19.8. The lowest BCUT2D eigenvalue weighted by Gasteiger charge is -2.26. The molecule has 3 aromatic rings. The molecule has 2 aliphatic rings. The topological polar surface area (TPSA) is 77.4 Å². The fourth-order valence-corrected chi connectivity index (χ4v) is 4.82. The number of carbonyl (C=O) groups is 1. The molecule has 5 rings (SSSR count). The van der Waals surface area contributed by atoms with E-state index in [0.29, 0.717) is 28.9 Å². The third kappa shape index (κ3) is 3.33. The van der Waals surface area contributed by atoms with Gasteiger partial charge in [-0.25, -0.2) is 15.0 Å². The van der Waals surface area contributed by atoms with Gasteiger partial charge < -0.3 is 14.4 Å². The first-order chi connectivity index (χ1) is 14.2. The van der Waals surface area contributed by atoms with Crippen molar-refractivity contribution in [2.75, 3.05) is 19.8 Å². The summed E-state index contributed by atoms with van der Waals surface area (Å²) >= 11 is 1.36. The number of hydrogen-bond donors (Lipinski definition) is 0. The second kappa shape index (κ2) is 7.44. The summed E-state index contributed by atoms with van der Waals surface area (Å²) in [6, 6.07) is 7.77. The Labute approximate surface area is 172 Å². The summed E-state index contributed by atoms with van der Waals surface area (Å²) in [6.45, 7) is 3.71. The van der Waals surface area contributed by atoms with Crippen LogP contribution in [-0.4, -0.2) is 45.5 Å². The average molecular weight is 408 g/mol. The minimum Gasteiger partial charge on any atom is -0.486 e. The van der Waals surface area contributed by atoms with Crippen LogP contribution in [0.3, 0.4) is 0 Å². The number of nitrogens with zero attached hydrogens (tertiary/aromatic N) is 4. The van der Waals surface area contributed by atoms with Crippen LogP contribution >= 0.6 is 11.3 Å². The molecule has 0 spiro atoms. The van der Waals surface area contributed by atoms with Crippen molar-refractivity contribution in [3.8, 4) is 22.3 Å². The maximum Gasteiger partial charge on any atom is 0.266 e. The summed E-state index contributed by atoms with van der Waals surface area (Å²) in [4.78, 5) is 29.0. The van der Waals surface area contributed by atoms with Crippen molar-refractivity contribution >= 4 is 17.2 Å². The van der Waals surface area contributed by atoms with E-state index in [1.54, 1.807) is 18.5 Å². The molecule has 0 unspecified atom stereocenters. The molecule has 8 heteroatoms. The minimum absolute atomic E-state index is 0.0135. The van der Waals surface area contributed by atoms with Gasteiger partial charge >= 0.3 is 0 Å². The number of fused-ring (bicyclic) bond motifs is 1. The molecular weight excluding hydrogens is 388 g/mol. The number of benzene rings is 1. The third-order valence-electron chi connectivity index (χ3n) is 5.21. The van der Waals surface area contributed by atoms with Crippen LogP contribution < -0.4 is 9.47 Å². The molecule has 0 radical (unpaired) electrons. The van der Waals surface area contributed by atoms with Gasteiger partial charge in [0.1, 0.15) is 18.1 Å². The molecule has 1 fully saturated rings. The highest BCUT2D eigenvalue weighted by Gasteiger charge is 2.33. The van der Waals surface area contributed by atoms with E-state index in [0.717, 1.165) is 42.1 Å². The number of carbonyl (C=O) groups excluding carboxylic acids is 1. The maximum absolute atomic E-state index is 13.4. The molecule has 0 saturated carbocycles. The number of ether oxygens (including phenoxy) is 2. The lowest BCUT2D eigenvalue weighted by Crippen LogP contribution is -2.30. The molecule has 1 aromatic carbocycles. The Hall–Kier alpha value is -3.00. The second-order valence-corrected chi connectivity index (χ2v) is 8.06. The number of aryl methyl sites for hydroxylation is 1. The van der Waals surface area contributed by atoms with E-state index >= 15 is 0 Å². The summed E-state index contributed by atoms with van der Waals surface area (Å²) in [6.07, 6.45) is 5.26. The van der Waals surface area contributed by atoms with Crippen LogP contribution in [-0.2, 0) is 0 Å². The number of hydrogen-bond acceptors (Lipinski definition) is 7. The minimum atomic E-state index is 0.0135. The molecule has 1 atom stereocenters. The first kappa shape index (κ1) is 18.1. The highest BCUT2D eigenvalue weighted by atomic mass is 32.1. The SMILES string of the molecule is Cc1nc(-c2ncccn2)sc1C(=O)N1CCC[C@@H]1c1ccc2c(c1)OCCO2. The van der Waals surface area contributed by atoms with E-state index in [4.69, 9.17) is 9.47 Å². The molecule has 7 nitrogen and oxygen atoms in total. The van der Waals surface area contributed by atoms with Crippen molar-refractivity contribution < 1.29 is 14.3 Å². The van der Waals surface area contributed by atoms with Gasteiger partial charge in [-0.2, -0.15) is 0 Å². The fourth-order valence-electron chi connectivity index (χ4n) is 3.85. The zero-order valence-electron chi connectivity index (χ0n) is 16.0. The summed E-state index contributed by atoms with van der Waals surface area (Å²) in [5.41, 5.74) is 1.80. The predicted octanol–water partition coefficient (Wildman–Crippen LogP) is 3.66. The first-order valence-corrected chi connectivity index (χ1v) is 10.5. The van der Waals surface area contributed by atoms with Crippen LogP contribution in [0.15, 0.2) is 36.7 Å². The normalized spacial score (nSPS) is 18.1. The second-order valence-electron chi connectivity index (χ2n) is 7.07. The van der Waals surface area contributed by atoms with Crippen molar-refractivity contribution in [3.05, 3.63) is 52.8 Å². The van der Waals surface area contributed by atoms with E-state index in [9.17, 15) is 4.79 Å². The summed E-state index contributed by atoms with van der Waals surface area (Å²) in [5, 5.41) is 0.668. The number of thiazole rings is 1. The van der Waals surface area contributed by atoms with Gasteiger partial charge in [0.25, 0.3) is 5.91 Å². The lowest BCUT2D eigenvalue weighted by atomic mass is 10.0. The molecule has 0 N–H and O–H groups in total. The van der Waals surface area contributed by atoms with Crippen molar-refractivity contribution in [3.63, 3.8) is 0 Å². The molecule has 0 bridgehead atoms.